The molecule has 17 heavy (non-hydrogen) atoms. The van der Waals surface area contributed by atoms with E-state index in [2.05, 4.69) is 0 Å². The summed E-state index contributed by atoms with van der Waals surface area (Å²) < 4.78 is 5.28. The van der Waals surface area contributed by atoms with Crippen LogP contribution in [0.1, 0.15) is 46.5 Å². The molecule has 1 fully saturated rings. The predicted octanol–water partition coefficient (Wildman–Crippen LogP) is 1.18. The Balaban J connectivity index is 2.72. The second-order valence-electron chi connectivity index (χ2n) is 5.50. The Morgan fingerprint density at radius 2 is 1.94 bits per heavy atom. The van der Waals surface area contributed by atoms with Crippen LogP contribution in [0.4, 0.5) is 4.79 Å². The average Bonchev–Trinajstić information content (AvgIpc) is 2.39. The zero-order chi connectivity index (χ0) is 13.1. The van der Waals surface area contributed by atoms with E-state index >= 15 is 0 Å². The molecule has 2 N–H and O–H groups in total. The van der Waals surface area contributed by atoms with Crippen molar-refractivity contribution in [1.29, 1.82) is 0 Å². The molecule has 1 saturated heterocycles. The molecule has 1 aliphatic rings. The van der Waals surface area contributed by atoms with E-state index in [0.717, 1.165) is 19.3 Å². The molecule has 1 aliphatic heterocycles. The van der Waals surface area contributed by atoms with Crippen LogP contribution in [0.3, 0.4) is 0 Å². The fourth-order valence-electron chi connectivity index (χ4n) is 1.99. The highest BCUT2D eigenvalue weighted by Crippen LogP contribution is 2.20. The molecule has 0 radical (unpaired) electrons. The number of nitrogens with zero attached hydrogens (tertiary/aromatic N) is 1. The second kappa shape index (κ2) is 5.73. The zero-order valence-corrected chi connectivity index (χ0v) is 10.8. The van der Waals surface area contributed by atoms with E-state index in [4.69, 9.17) is 4.74 Å². The van der Waals surface area contributed by atoms with Crippen molar-refractivity contribution in [2.75, 3.05) is 6.54 Å². The van der Waals surface area contributed by atoms with Crippen LogP contribution in [-0.4, -0.2) is 46.2 Å². The van der Waals surface area contributed by atoms with E-state index in [0.29, 0.717) is 13.0 Å². The number of carbonyl (C=O) groups is 1. The summed E-state index contributed by atoms with van der Waals surface area (Å²) in [5.41, 5.74) is -0.561. The van der Waals surface area contributed by atoms with Gasteiger partial charge < -0.3 is 19.7 Å². The molecule has 0 saturated carbocycles. The summed E-state index contributed by atoms with van der Waals surface area (Å²) in [6, 6.07) is 0. The first-order valence-electron chi connectivity index (χ1n) is 6.17. The van der Waals surface area contributed by atoms with Crippen molar-refractivity contribution in [3.8, 4) is 0 Å². The Morgan fingerprint density at radius 3 is 2.47 bits per heavy atom. The van der Waals surface area contributed by atoms with Gasteiger partial charge >= 0.3 is 13.2 Å². The molecule has 0 aromatic rings. The lowest BCUT2D eigenvalue weighted by Crippen LogP contribution is -2.50. The van der Waals surface area contributed by atoms with Gasteiger partial charge in [-0.2, -0.15) is 0 Å². The first-order valence-corrected chi connectivity index (χ1v) is 6.17. The molecule has 5 nitrogen and oxygen atoms in total. The Bertz CT molecular complexity index is 265. The largest absolute Gasteiger partial charge is 0.475 e. The van der Waals surface area contributed by atoms with Crippen molar-refractivity contribution in [3.63, 3.8) is 0 Å². The lowest BCUT2D eigenvalue weighted by molar-refractivity contribution is 0.0201. The highest BCUT2D eigenvalue weighted by atomic mass is 16.6. The lowest BCUT2D eigenvalue weighted by Gasteiger charge is -2.31. The molecule has 0 bridgehead atoms. The first-order chi connectivity index (χ1) is 7.81. The van der Waals surface area contributed by atoms with Crippen LogP contribution in [-0.2, 0) is 4.74 Å². The molecule has 6 heteroatoms. The standard InChI is InChI=1S/C11H22BNO4/c1-11(2,3)17-10(14)13-8-6-4-5-7-9(13)12(15)16/h9,15-16H,4-8H2,1-3H3. The maximum Gasteiger partial charge on any atom is 0.475 e. The number of likely N-dealkylation sites (tertiary alicyclic amines) is 1. The fourth-order valence-corrected chi connectivity index (χ4v) is 1.99. The quantitative estimate of drug-likeness (QED) is 0.678. The van der Waals surface area contributed by atoms with Gasteiger partial charge in [0.25, 0.3) is 0 Å². The molecule has 1 heterocycles. The molecular weight excluding hydrogens is 221 g/mol. The minimum absolute atomic E-state index is 0.461. The minimum atomic E-state index is -1.50. The lowest BCUT2D eigenvalue weighted by atomic mass is 9.76. The Kier molecular flexibility index (Phi) is 4.83. The van der Waals surface area contributed by atoms with Gasteiger partial charge in [-0.1, -0.05) is 12.8 Å². The number of amides is 1. The molecule has 0 spiro atoms. The molecule has 0 aromatic heterocycles. The first kappa shape index (κ1) is 14.3. The minimum Gasteiger partial charge on any atom is -0.444 e. The third-order valence-electron chi connectivity index (χ3n) is 2.77. The maximum atomic E-state index is 12.0. The van der Waals surface area contributed by atoms with Gasteiger partial charge in [0, 0.05) is 6.54 Å². The van der Waals surface area contributed by atoms with Crippen LogP contribution in [0.15, 0.2) is 0 Å². The van der Waals surface area contributed by atoms with Crippen molar-refractivity contribution >= 4 is 13.2 Å². The Morgan fingerprint density at radius 1 is 1.29 bits per heavy atom. The van der Waals surface area contributed by atoms with Crippen LogP contribution in [0, 0.1) is 0 Å². The van der Waals surface area contributed by atoms with Crippen LogP contribution in [0.5, 0.6) is 0 Å². The van der Waals surface area contributed by atoms with Crippen molar-refractivity contribution in [2.45, 2.75) is 58.0 Å². The Hall–Kier alpha value is -0.745. The van der Waals surface area contributed by atoms with Gasteiger partial charge in [-0.05, 0) is 33.6 Å². The van der Waals surface area contributed by atoms with Crippen molar-refractivity contribution in [1.82, 2.24) is 4.90 Å². The van der Waals surface area contributed by atoms with E-state index < -0.39 is 24.8 Å². The van der Waals surface area contributed by atoms with Crippen LogP contribution in [0.25, 0.3) is 0 Å². The summed E-state index contributed by atoms with van der Waals surface area (Å²) in [5, 5.41) is 18.7. The molecule has 1 rings (SSSR count). The summed E-state index contributed by atoms with van der Waals surface area (Å²) >= 11 is 0. The maximum absolute atomic E-state index is 12.0. The van der Waals surface area contributed by atoms with Gasteiger partial charge in [-0.15, -0.1) is 0 Å². The topological polar surface area (TPSA) is 70.0 Å². The third-order valence-corrected chi connectivity index (χ3v) is 2.77. The third kappa shape index (κ3) is 4.56. The van der Waals surface area contributed by atoms with Gasteiger partial charge in [0.15, 0.2) is 0 Å². The summed E-state index contributed by atoms with van der Waals surface area (Å²) in [5.74, 6) is -0.549. The molecule has 1 unspecified atom stereocenters. The predicted molar refractivity (Wildman–Crippen MR) is 65.4 cm³/mol. The van der Waals surface area contributed by atoms with Gasteiger partial charge in [-0.3, -0.25) is 0 Å². The summed E-state index contributed by atoms with van der Waals surface area (Å²) in [7, 11) is -1.50. The van der Waals surface area contributed by atoms with E-state index in [-0.39, 0.29) is 0 Å². The van der Waals surface area contributed by atoms with Gasteiger partial charge in [-0.25, -0.2) is 4.79 Å². The highest BCUT2D eigenvalue weighted by Gasteiger charge is 2.36. The number of hydrogen-bond donors (Lipinski definition) is 2. The number of ether oxygens (including phenoxy) is 1. The normalized spacial score (nSPS) is 21.9. The molecular formula is C11H22BNO4. The van der Waals surface area contributed by atoms with Gasteiger partial charge in [0.1, 0.15) is 5.60 Å². The number of hydrogen-bond acceptors (Lipinski definition) is 4. The van der Waals surface area contributed by atoms with Crippen molar-refractivity contribution < 1.29 is 19.6 Å². The molecule has 98 valence electrons. The highest BCUT2D eigenvalue weighted by molar-refractivity contribution is 6.43. The van der Waals surface area contributed by atoms with Crippen LogP contribution < -0.4 is 0 Å². The van der Waals surface area contributed by atoms with Crippen molar-refractivity contribution in [2.24, 2.45) is 0 Å². The summed E-state index contributed by atoms with van der Waals surface area (Å²) in [4.78, 5) is 13.4. The van der Waals surface area contributed by atoms with E-state index in [1.54, 1.807) is 20.8 Å². The SMILES string of the molecule is CC(C)(C)OC(=O)N1CCCCCC1B(O)O. The molecule has 1 atom stereocenters. The number of carbonyl (C=O) groups excluding carboxylic acids is 1. The fraction of sp³-hybridized carbons (Fsp3) is 0.909. The second-order valence-corrected chi connectivity index (χ2v) is 5.50. The van der Waals surface area contributed by atoms with E-state index in [1.165, 1.54) is 4.90 Å². The smallest absolute Gasteiger partial charge is 0.444 e. The molecule has 0 aromatic carbocycles. The van der Waals surface area contributed by atoms with Crippen LogP contribution in [0.2, 0.25) is 0 Å². The van der Waals surface area contributed by atoms with Crippen molar-refractivity contribution in [3.05, 3.63) is 0 Å². The Labute approximate surface area is 103 Å². The molecule has 0 aliphatic carbocycles. The zero-order valence-electron chi connectivity index (χ0n) is 10.8. The van der Waals surface area contributed by atoms with Gasteiger partial charge in [0.2, 0.25) is 0 Å². The monoisotopic (exact) mass is 243 g/mol. The summed E-state index contributed by atoms with van der Waals surface area (Å²) in [6.07, 6.45) is 2.93. The number of rotatable bonds is 1. The van der Waals surface area contributed by atoms with E-state index in [1.807, 2.05) is 0 Å². The van der Waals surface area contributed by atoms with Crippen LogP contribution >= 0.6 is 0 Å². The molecule has 1 amide bonds. The van der Waals surface area contributed by atoms with Gasteiger partial charge in [0.05, 0.1) is 5.94 Å². The van der Waals surface area contributed by atoms with E-state index in [9.17, 15) is 14.8 Å². The average molecular weight is 243 g/mol. The summed E-state index contributed by atoms with van der Waals surface area (Å²) in [6.45, 7) is 5.92.